The minimum atomic E-state index is -1.12. The predicted molar refractivity (Wildman–Crippen MR) is 94.7 cm³/mol. The largest absolute Gasteiger partial charge is 0.488 e. The van der Waals surface area contributed by atoms with Gasteiger partial charge in [-0.3, -0.25) is 4.68 Å². The summed E-state index contributed by atoms with van der Waals surface area (Å²) >= 11 is 6.12. The van der Waals surface area contributed by atoms with Crippen LogP contribution in [0.25, 0.3) is 11.3 Å². The summed E-state index contributed by atoms with van der Waals surface area (Å²) in [4.78, 5) is 11.0. The molecule has 0 saturated heterocycles. The molecule has 0 saturated carbocycles. The Kier molecular flexibility index (Phi) is 4.07. The van der Waals surface area contributed by atoms with E-state index >= 15 is 0 Å². The van der Waals surface area contributed by atoms with Crippen LogP contribution in [0.15, 0.2) is 41.8 Å². The molecule has 26 heavy (non-hydrogen) atoms. The van der Waals surface area contributed by atoms with Crippen molar-refractivity contribution < 1.29 is 19.0 Å². The summed E-state index contributed by atoms with van der Waals surface area (Å²) in [6, 6.07) is 5.44. The number of ether oxygens (including phenoxy) is 1. The first-order chi connectivity index (χ1) is 12.4. The maximum Gasteiger partial charge on any atom is 0.335 e. The number of fused-ring (bicyclic) bond motifs is 3. The standard InChI is InChI=1S/C19H16ClFN2O3/c1-23-18-13-8-12(20)4-5-17(13)26-9-14(18)16(22-23)7-10-2-3-11(19(24)25)6-15(10)21/h3-6,8,10H,2,7,9H2,1H3,(H,24,25). The van der Waals surface area contributed by atoms with Crippen molar-refractivity contribution in [2.45, 2.75) is 19.4 Å². The summed E-state index contributed by atoms with van der Waals surface area (Å²) in [6.07, 6.45) is 3.36. The van der Waals surface area contributed by atoms with Crippen LogP contribution in [0.1, 0.15) is 17.7 Å². The smallest absolute Gasteiger partial charge is 0.335 e. The van der Waals surface area contributed by atoms with Crippen molar-refractivity contribution >= 4 is 17.6 Å². The fourth-order valence-corrected chi connectivity index (χ4v) is 3.68. The molecule has 2 aromatic rings. The van der Waals surface area contributed by atoms with Crippen LogP contribution in [0.3, 0.4) is 0 Å². The number of carboxylic acid groups (broad SMARTS) is 1. The molecule has 1 atom stereocenters. The molecule has 2 aliphatic rings. The van der Waals surface area contributed by atoms with Crippen molar-refractivity contribution in [2.24, 2.45) is 13.0 Å². The molecule has 0 fully saturated rings. The molecule has 1 N–H and O–H groups in total. The molecule has 1 aliphatic carbocycles. The van der Waals surface area contributed by atoms with E-state index in [0.717, 1.165) is 34.3 Å². The number of allylic oxidation sites excluding steroid dienone is 2. The first kappa shape index (κ1) is 16.8. The van der Waals surface area contributed by atoms with E-state index in [-0.39, 0.29) is 5.57 Å². The lowest BCUT2D eigenvalue weighted by molar-refractivity contribution is -0.132. The number of carboxylic acids is 1. The van der Waals surface area contributed by atoms with Crippen molar-refractivity contribution in [3.8, 4) is 17.0 Å². The van der Waals surface area contributed by atoms with Gasteiger partial charge in [0.1, 0.15) is 18.2 Å². The van der Waals surface area contributed by atoms with Crippen molar-refractivity contribution in [1.82, 2.24) is 9.78 Å². The fourth-order valence-electron chi connectivity index (χ4n) is 3.51. The number of aromatic nitrogens is 2. The predicted octanol–water partition coefficient (Wildman–Crippen LogP) is 4.06. The summed E-state index contributed by atoms with van der Waals surface area (Å²) in [5.74, 6) is -1.22. The Bertz CT molecular complexity index is 977. The van der Waals surface area contributed by atoms with Crippen LogP contribution in [0.2, 0.25) is 5.02 Å². The molecule has 7 heteroatoms. The van der Waals surface area contributed by atoms with Gasteiger partial charge in [-0.15, -0.1) is 0 Å². The number of halogens is 2. The zero-order chi connectivity index (χ0) is 18.4. The zero-order valence-electron chi connectivity index (χ0n) is 14.0. The number of hydrogen-bond donors (Lipinski definition) is 1. The second-order valence-corrected chi connectivity index (χ2v) is 6.89. The van der Waals surface area contributed by atoms with E-state index < -0.39 is 17.7 Å². The maximum absolute atomic E-state index is 14.3. The average Bonchev–Trinajstić information content (AvgIpc) is 2.92. The highest BCUT2D eigenvalue weighted by molar-refractivity contribution is 6.31. The van der Waals surface area contributed by atoms with Crippen molar-refractivity contribution in [3.05, 3.63) is 58.0 Å². The Morgan fingerprint density at radius 2 is 2.31 bits per heavy atom. The van der Waals surface area contributed by atoms with Crippen molar-refractivity contribution in [3.63, 3.8) is 0 Å². The van der Waals surface area contributed by atoms with E-state index in [1.54, 1.807) is 16.8 Å². The van der Waals surface area contributed by atoms with Gasteiger partial charge in [0.15, 0.2) is 0 Å². The molecule has 134 valence electrons. The number of benzene rings is 1. The monoisotopic (exact) mass is 374 g/mol. The van der Waals surface area contributed by atoms with Crippen LogP contribution >= 0.6 is 11.6 Å². The second-order valence-electron chi connectivity index (χ2n) is 6.46. The molecule has 0 bridgehead atoms. The van der Waals surface area contributed by atoms with Crippen molar-refractivity contribution in [2.75, 3.05) is 0 Å². The van der Waals surface area contributed by atoms with Gasteiger partial charge >= 0.3 is 5.97 Å². The normalized spacial score (nSPS) is 18.3. The van der Waals surface area contributed by atoms with Crippen LogP contribution in [-0.2, 0) is 24.9 Å². The molecular formula is C19H16ClFN2O3. The Morgan fingerprint density at radius 1 is 1.50 bits per heavy atom. The lowest BCUT2D eigenvalue weighted by atomic mass is 9.89. The number of nitrogens with zero attached hydrogens (tertiary/aromatic N) is 2. The highest BCUT2D eigenvalue weighted by atomic mass is 35.5. The molecule has 1 aromatic carbocycles. The highest BCUT2D eigenvalue weighted by Gasteiger charge is 2.29. The first-order valence-corrected chi connectivity index (χ1v) is 8.60. The topological polar surface area (TPSA) is 64.4 Å². The average molecular weight is 375 g/mol. The zero-order valence-corrected chi connectivity index (χ0v) is 14.8. The van der Waals surface area contributed by atoms with Gasteiger partial charge in [0.05, 0.1) is 17.0 Å². The minimum absolute atomic E-state index is 0.00583. The number of rotatable bonds is 3. The van der Waals surface area contributed by atoms with Gasteiger partial charge < -0.3 is 9.84 Å². The summed E-state index contributed by atoms with van der Waals surface area (Å²) in [5.41, 5.74) is 3.46. The van der Waals surface area contributed by atoms with Crippen LogP contribution in [0.4, 0.5) is 4.39 Å². The number of aliphatic carboxylic acids is 1. The van der Waals surface area contributed by atoms with Gasteiger partial charge in [0, 0.05) is 35.5 Å². The van der Waals surface area contributed by atoms with E-state index in [1.807, 2.05) is 19.2 Å². The second kappa shape index (κ2) is 6.29. The van der Waals surface area contributed by atoms with E-state index in [0.29, 0.717) is 24.5 Å². The highest BCUT2D eigenvalue weighted by Crippen LogP contribution is 2.41. The van der Waals surface area contributed by atoms with E-state index in [2.05, 4.69) is 5.10 Å². The van der Waals surface area contributed by atoms with Gasteiger partial charge in [-0.1, -0.05) is 17.7 Å². The lowest BCUT2D eigenvalue weighted by Gasteiger charge is -2.20. The Balaban J connectivity index is 1.66. The summed E-state index contributed by atoms with van der Waals surface area (Å²) in [7, 11) is 1.84. The first-order valence-electron chi connectivity index (χ1n) is 8.22. The maximum atomic E-state index is 14.3. The summed E-state index contributed by atoms with van der Waals surface area (Å²) in [5, 5.41) is 14.2. The van der Waals surface area contributed by atoms with Gasteiger partial charge in [-0.25, -0.2) is 9.18 Å². The van der Waals surface area contributed by atoms with E-state index in [9.17, 15) is 9.18 Å². The van der Waals surface area contributed by atoms with Crippen LogP contribution in [0.5, 0.6) is 5.75 Å². The van der Waals surface area contributed by atoms with Gasteiger partial charge in [-0.05, 0) is 30.7 Å². The van der Waals surface area contributed by atoms with Gasteiger partial charge in [0.2, 0.25) is 0 Å². The third-order valence-electron chi connectivity index (χ3n) is 4.79. The van der Waals surface area contributed by atoms with E-state index in [4.69, 9.17) is 21.4 Å². The number of carbonyl (C=O) groups is 1. The lowest BCUT2D eigenvalue weighted by Crippen LogP contribution is -2.14. The molecule has 0 radical (unpaired) electrons. The van der Waals surface area contributed by atoms with Gasteiger partial charge in [-0.2, -0.15) is 5.10 Å². The molecule has 1 aromatic heterocycles. The van der Waals surface area contributed by atoms with Crippen molar-refractivity contribution in [1.29, 1.82) is 0 Å². The summed E-state index contributed by atoms with van der Waals surface area (Å²) < 4.78 is 21.9. The van der Waals surface area contributed by atoms with E-state index in [1.165, 1.54) is 0 Å². The molecule has 5 nitrogen and oxygen atoms in total. The summed E-state index contributed by atoms with van der Waals surface area (Å²) in [6.45, 7) is 0.363. The van der Waals surface area contributed by atoms with Crippen LogP contribution in [0, 0.1) is 5.92 Å². The molecule has 0 amide bonds. The minimum Gasteiger partial charge on any atom is -0.488 e. The Labute approximate surface area is 154 Å². The fraction of sp³-hybridized carbons (Fsp3) is 0.263. The molecule has 0 spiro atoms. The molecular weight excluding hydrogens is 359 g/mol. The third kappa shape index (κ3) is 2.80. The molecule has 4 rings (SSSR count). The third-order valence-corrected chi connectivity index (χ3v) is 5.02. The quantitative estimate of drug-likeness (QED) is 0.879. The molecule has 2 heterocycles. The Morgan fingerprint density at radius 3 is 3.04 bits per heavy atom. The molecule has 1 aliphatic heterocycles. The molecule has 1 unspecified atom stereocenters. The van der Waals surface area contributed by atoms with Crippen LogP contribution in [-0.4, -0.2) is 20.9 Å². The number of aryl methyl sites for hydroxylation is 1. The SMILES string of the molecule is Cn1nc(CC2CC=C(C(=O)O)C=C2F)c2c1-c1cc(Cl)ccc1OC2. The van der Waals surface area contributed by atoms with Gasteiger partial charge in [0.25, 0.3) is 0 Å². The van der Waals surface area contributed by atoms with Crippen LogP contribution < -0.4 is 4.74 Å². The Hall–Kier alpha value is -2.60. The number of hydrogen-bond acceptors (Lipinski definition) is 3.